The molecule has 4 heteroatoms. The fourth-order valence-corrected chi connectivity index (χ4v) is 1.31. The molecule has 0 saturated heterocycles. The maximum atomic E-state index is 7.13. The summed E-state index contributed by atoms with van der Waals surface area (Å²) >= 11 is 3.85. The molecule has 13 heavy (non-hydrogen) atoms. The van der Waals surface area contributed by atoms with Crippen LogP contribution in [0.2, 0.25) is 0 Å². The molecule has 0 aliphatic carbocycles. The third-order valence-corrected chi connectivity index (χ3v) is 1.60. The summed E-state index contributed by atoms with van der Waals surface area (Å²) in [6.45, 7) is 4.06. The topological polar surface area (TPSA) is 35.9 Å². The fourth-order valence-electron chi connectivity index (χ4n) is 1.18. The predicted octanol–water partition coefficient (Wildman–Crippen LogP) is 1.93. The zero-order valence-electron chi connectivity index (χ0n) is 7.18. The molecule has 0 unspecified atom stereocenters. The second kappa shape index (κ2) is 5.70. The molecule has 0 heterocycles. The molecule has 2 nitrogen and oxygen atoms in total. The average molecular weight is 204 g/mol. The first-order valence-corrected chi connectivity index (χ1v) is 4.15. The molecule has 0 bridgehead atoms. The summed E-state index contributed by atoms with van der Waals surface area (Å²) in [7, 11) is 0. The van der Waals surface area contributed by atoms with Gasteiger partial charge in [0.15, 0.2) is 5.17 Å². The summed E-state index contributed by atoms with van der Waals surface area (Å²) < 4.78 is 0. The SMILES string of the molecule is Cc1cc(C)cc(NC(=N)S)c1.[NaH]. The molecule has 0 amide bonds. The van der Waals surface area contributed by atoms with Crippen LogP contribution >= 0.6 is 12.6 Å². The molecular formula is C9H13N2NaS. The van der Waals surface area contributed by atoms with E-state index in [1.807, 2.05) is 26.0 Å². The van der Waals surface area contributed by atoms with Crippen molar-refractivity contribution in [2.75, 3.05) is 5.32 Å². The first-order chi connectivity index (χ1) is 5.58. The van der Waals surface area contributed by atoms with Crippen molar-refractivity contribution in [2.45, 2.75) is 13.8 Å². The van der Waals surface area contributed by atoms with Crippen LogP contribution in [0.4, 0.5) is 5.69 Å². The van der Waals surface area contributed by atoms with Gasteiger partial charge >= 0.3 is 29.6 Å². The van der Waals surface area contributed by atoms with Gasteiger partial charge in [-0.3, -0.25) is 5.41 Å². The van der Waals surface area contributed by atoms with E-state index in [1.165, 1.54) is 11.1 Å². The number of amidine groups is 1. The summed E-state index contributed by atoms with van der Waals surface area (Å²) in [4.78, 5) is 0. The van der Waals surface area contributed by atoms with Crippen molar-refractivity contribution in [2.24, 2.45) is 0 Å². The van der Waals surface area contributed by atoms with Crippen LogP contribution in [-0.4, -0.2) is 34.7 Å². The Kier molecular flexibility index (Phi) is 5.72. The van der Waals surface area contributed by atoms with Crippen molar-refractivity contribution in [1.82, 2.24) is 0 Å². The Balaban J connectivity index is 0.00000144. The van der Waals surface area contributed by atoms with E-state index in [9.17, 15) is 0 Å². The fraction of sp³-hybridized carbons (Fsp3) is 0.222. The Morgan fingerprint density at radius 1 is 1.23 bits per heavy atom. The minimum atomic E-state index is 0. The van der Waals surface area contributed by atoms with Crippen molar-refractivity contribution in [3.63, 3.8) is 0 Å². The number of thiol groups is 1. The monoisotopic (exact) mass is 204 g/mol. The summed E-state index contributed by atoms with van der Waals surface area (Å²) in [5.74, 6) is 0. The number of aryl methyl sites for hydroxylation is 2. The van der Waals surface area contributed by atoms with Crippen LogP contribution in [0.15, 0.2) is 18.2 Å². The third kappa shape index (κ3) is 4.72. The van der Waals surface area contributed by atoms with E-state index < -0.39 is 0 Å². The van der Waals surface area contributed by atoms with Crippen LogP contribution in [0.25, 0.3) is 0 Å². The van der Waals surface area contributed by atoms with Crippen molar-refractivity contribution < 1.29 is 0 Å². The molecule has 0 aromatic heterocycles. The second-order valence-electron chi connectivity index (χ2n) is 2.85. The van der Waals surface area contributed by atoms with Gasteiger partial charge in [-0.05, 0) is 37.1 Å². The van der Waals surface area contributed by atoms with Crippen molar-refractivity contribution in [1.29, 1.82) is 5.41 Å². The van der Waals surface area contributed by atoms with Crippen LogP contribution in [0.1, 0.15) is 11.1 Å². The summed E-state index contributed by atoms with van der Waals surface area (Å²) in [6, 6.07) is 6.06. The van der Waals surface area contributed by atoms with E-state index in [0.717, 1.165) is 5.69 Å². The summed E-state index contributed by atoms with van der Waals surface area (Å²) in [5.41, 5.74) is 3.30. The first kappa shape index (κ1) is 13.0. The molecule has 0 atom stereocenters. The van der Waals surface area contributed by atoms with Crippen molar-refractivity contribution in [3.05, 3.63) is 29.3 Å². The normalized spacial score (nSPS) is 8.85. The number of benzene rings is 1. The van der Waals surface area contributed by atoms with E-state index in [2.05, 4.69) is 24.0 Å². The van der Waals surface area contributed by atoms with E-state index in [0.29, 0.717) is 0 Å². The second-order valence-corrected chi connectivity index (χ2v) is 3.30. The number of hydrogen-bond acceptors (Lipinski definition) is 1. The molecule has 0 radical (unpaired) electrons. The van der Waals surface area contributed by atoms with Gasteiger partial charge in [0.05, 0.1) is 0 Å². The van der Waals surface area contributed by atoms with Gasteiger partial charge in [-0.1, -0.05) is 6.07 Å². The Labute approximate surface area is 106 Å². The van der Waals surface area contributed by atoms with Crippen LogP contribution in [-0.2, 0) is 0 Å². The van der Waals surface area contributed by atoms with Gasteiger partial charge in [-0.15, -0.1) is 12.6 Å². The number of anilines is 1. The molecule has 1 aromatic rings. The van der Waals surface area contributed by atoms with E-state index >= 15 is 0 Å². The Morgan fingerprint density at radius 2 is 1.69 bits per heavy atom. The van der Waals surface area contributed by atoms with Gasteiger partial charge < -0.3 is 5.32 Å². The molecule has 0 saturated carbocycles. The Hall–Kier alpha value is 0.0400. The van der Waals surface area contributed by atoms with E-state index in [4.69, 9.17) is 5.41 Å². The molecule has 2 N–H and O–H groups in total. The van der Waals surface area contributed by atoms with Crippen LogP contribution in [0, 0.1) is 19.3 Å². The first-order valence-electron chi connectivity index (χ1n) is 3.71. The van der Waals surface area contributed by atoms with Crippen molar-refractivity contribution >= 4 is 53.0 Å². The Bertz CT molecular complexity index is 292. The van der Waals surface area contributed by atoms with Crippen LogP contribution in [0.3, 0.4) is 0 Å². The molecular weight excluding hydrogens is 191 g/mol. The minimum absolute atomic E-state index is 0. The predicted molar refractivity (Wildman–Crippen MR) is 63.4 cm³/mol. The molecule has 1 rings (SSSR count). The van der Waals surface area contributed by atoms with Crippen molar-refractivity contribution in [3.8, 4) is 0 Å². The zero-order valence-corrected chi connectivity index (χ0v) is 8.07. The number of nitrogens with one attached hydrogen (secondary N) is 2. The van der Waals surface area contributed by atoms with E-state index in [-0.39, 0.29) is 34.7 Å². The van der Waals surface area contributed by atoms with Gasteiger partial charge in [-0.2, -0.15) is 0 Å². The van der Waals surface area contributed by atoms with Gasteiger partial charge in [-0.25, -0.2) is 0 Å². The zero-order chi connectivity index (χ0) is 9.14. The Morgan fingerprint density at radius 3 is 2.08 bits per heavy atom. The maximum absolute atomic E-state index is 7.13. The van der Waals surface area contributed by atoms with Gasteiger partial charge in [0, 0.05) is 5.69 Å². The van der Waals surface area contributed by atoms with Gasteiger partial charge in [0.25, 0.3) is 0 Å². The molecule has 0 aliphatic rings. The summed E-state index contributed by atoms with van der Waals surface area (Å²) in [6.07, 6.45) is 0. The number of rotatable bonds is 1. The van der Waals surface area contributed by atoms with Gasteiger partial charge in [0.2, 0.25) is 0 Å². The van der Waals surface area contributed by atoms with Gasteiger partial charge in [0.1, 0.15) is 0 Å². The quantitative estimate of drug-likeness (QED) is 0.278. The van der Waals surface area contributed by atoms with E-state index in [1.54, 1.807) is 0 Å². The molecule has 1 aromatic carbocycles. The molecule has 0 spiro atoms. The third-order valence-electron chi connectivity index (χ3n) is 1.48. The number of hydrogen-bond donors (Lipinski definition) is 3. The standard InChI is InChI=1S/C9H12N2S.Na.H/c1-6-3-7(2)5-8(4-6)11-9(10)12;;/h3-5H,1-2H3,(H3,10,11,12);;. The van der Waals surface area contributed by atoms with Crippen LogP contribution < -0.4 is 5.32 Å². The molecule has 0 fully saturated rings. The molecule has 66 valence electrons. The van der Waals surface area contributed by atoms with Crippen LogP contribution in [0.5, 0.6) is 0 Å². The average Bonchev–Trinajstić information content (AvgIpc) is 1.81. The summed E-state index contributed by atoms with van der Waals surface area (Å²) in [5, 5.41) is 10.1. The molecule has 0 aliphatic heterocycles.